The van der Waals surface area contributed by atoms with E-state index in [1.807, 2.05) is 36.4 Å². The molecule has 1 spiro atoms. The molecule has 1 saturated carbocycles. The number of carbonyl (C=O) groups excluding carboxylic acids is 1. The maximum absolute atomic E-state index is 12.4. The maximum Gasteiger partial charge on any atom is 0.234 e. The Bertz CT molecular complexity index is 858. The Kier molecular flexibility index (Phi) is 5.07. The highest BCUT2D eigenvalue weighted by molar-refractivity contribution is 8.15. The van der Waals surface area contributed by atoms with E-state index in [2.05, 4.69) is 22.8 Å². The molecule has 0 bridgehead atoms. The van der Waals surface area contributed by atoms with Gasteiger partial charge in [-0.3, -0.25) is 4.79 Å². The summed E-state index contributed by atoms with van der Waals surface area (Å²) in [4.78, 5) is 17.4. The number of para-hydroxylation sites is 1. The van der Waals surface area contributed by atoms with Crippen molar-refractivity contribution in [2.75, 3.05) is 23.5 Å². The van der Waals surface area contributed by atoms with E-state index in [4.69, 9.17) is 9.73 Å². The number of nitrogens with one attached hydrogen (secondary N) is 2. The molecule has 140 valence electrons. The van der Waals surface area contributed by atoms with E-state index in [-0.39, 0.29) is 11.6 Å². The van der Waals surface area contributed by atoms with Gasteiger partial charge >= 0.3 is 0 Å². The Morgan fingerprint density at radius 2 is 1.93 bits per heavy atom. The molecule has 6 heteroatoms. The van der Waals surface area contributed by atoms with Gasteiger partial charge in [-0.15, -0.1) is 0 Å². The third-order valence-electron chi connectivity index (χ3n) is 4.98. The fourth-order valence-electron chi connectivity index (χ4n) is 3.62. The average Bonchev–Trinajstić information content (AvgIpc) is 3.14. The first kappa shape index (κ1) is 17.9. The van der Waals surface area contributed by atoms with Gasteiger partial charge in [-0.05, 0) is 56.0 Å². The summed E-state index contributed by atoms with van der Waals surface area (Å²) in [6.07, 6.45) is 4.47. The Morgan fingerprint density at radius 3 is 2.67 bits per heavy atom. The number of methoxy groups -OCH3 is 1. The van der Waals surface area contributed by atoms with Crippen molar-refractivity contribution in [3.63, 3.8) is 0 Å². The fraction of sp³-hybridized carbons (Fsp3) is 0.333. The lowest BCUT2D eigenvalue weighted by molar-refractivity contribution is -0.113. The van der Waals surface area contributed by atoms with Crippen LogP contribution in [0.1, 0.15) is 31.2 Å². The van der Waals surface area contributed by atoms with Gasteiger partial charge in [0, 0.05) is 16.9 Å². The van der Waals surface area contributed by atoms with Crippen LogP contribution in [0.3, 0.4) is 0 Å². The zero-order chi connectivity index (χ0) is 18.7. The van der Waals surface area contributed by atoms with Crippen LogP contribution in [0.4, 0.5) is 11.4 Å². The Balaban J connectivity index is 1.45. The van der Waals surface area contributed by atoms with Crippen LogP contribution in [0.15, 0.2) is 53.5 Å². The highest BCUT2D eigenvalue weighted by Crippen LogP contribution is 2.40. The largest absolute Gasteiger partial charge is 0.497 e. The smallest absolute Gasteiger partial charge is 0.234 e. The van der Waals surface area contributed by atoms with E-state index in [0.717, 1.165) is 40.6 Å². The second-order valence-electron chi connectivity index (χ2n) is 6.89. The first-order chi connectivity index (χ1) is 13.2. The first-order valence-electron chi connectivity index (χ1n) is 9.22. The van der Waals surface area contributed by atoms with E-state index in [1.165, 1.54) is 24.6 Å². The van der Waals surface area contributed by atoms with Gasteiger partial charge < -0.3 is 15.4 Å². The van der Waals surface area contributed by atoms with Crippen molar-refractivity contribution < 1.29 is 9.53 Å². The summed E-state index contributed by atoms with van der Waals surface area (Å²) in [6, 6.07) is 15.6. The van der Waals surface area contributed by atoms with Crippen LogP contribution in [-0.2, 0) is 4.79 Å². The van der Waals surface area contributed by atoms with Gasteiger partial charge in [-0.2, -0.15) is 0 Å². The molecule has 0 aromatic heterocycles. The van der Waals surface area contributed by atoms with Gasteiger partial charge in [0.15, 0.2) is 0 Å². The van der Waals surface area contributed by atoms with Gasteiger partial charge in [0.05, 0.1) is 12.9 Å². The van der Waals surface area contributed by atoms with E-state index in [9.17, 15) is 4.79 Å². The minimum absolute atomic E-state index is 0.0376. The SMILES string of the molecule is COc1ccc(NC(=O)CSC2=NC3(CCCC3)Nc3ccccc32)cc1. The second-order valence-corrected chi connectivity index (χ2v) is 7.86. The van der Waals surface area contributed by atoms with Gasteiger partial charge in [-0.25, -0.2) is 4.99 Å². The topological polar surface area (TPSA) is 62.7 Å². The molecule has 2 aromatic rings. The highest BCUT2D eigenvalue weighted by atomic mass is 32.2. The molecule has 2 aliphatic rings. The number of fused-ring (bicyclic) bond motifs is 1. The summed E-state index contributed by atoms with van der Waals surface area (Å²) < 4.78 is 5.14. The number of rotatable bonds is 4. The number of carbonyl (C=O) groups is 1. The summed E-state index contributed by atoms with van der Waals surface area (Å²) in [5, 5.41) is 7.51. The fourth-order valence-corrected chi connectivity index (χ4v) is 4.54. The third kappa shape index (κ3) is 3.95. The molecular formula is C21H23N3O2S. The van der Waals surface area contributed by atoms with Gasteiger partial charge in [0.25, 0.3) is 0 Å². The molecule has 2 aromatic carbocycles. The number of hydrogen-bond acceptors (Lipinski definition) is 5. The number of nitrogens with zero attached hydrogens (tertiary/aromatic N) is 1. The molecule has 1 aliphatic heterocycles. The molecule has 1 aliphatic carbocycles. The van der Waals surface area contributed by atoms with Crippen LogP contribution in [0.2, 0.25) is 0 Å². The summed E-state index contributed by atoms with van der Waals surface area (Å²) in [7, 11) is 1.62. The lowest BCUT2D eigenvalue weighted by Gasteiger charge is -2.33. The van der Waals surface area contributed by atoms with Crippen molar-refractivity contribution in [3.05, 3.63) is 54.1 Å². The van der Waals surface area contributed by atoms with E-state index < -0.39 is 0 Å². The monoisotopic (exact) mass is 381 g/mol. The minimum atomic E-state index is -0.191. The van der Waals surface area contributed by atoms with Crippen LogP contribution in [-0.4, -0.2) is 29.5 Å². The number of aliphatic imine (C=N–C) groups is 1. The number of hydrogen-bond donors (Lipinski definition) is 2. The molecule has 0 saturated heterocycles. The Hall–Kier alpha value is -2.47. The second kappa shape index (κ2) is 7.64. The number of thioether (sulfide) groups is 1. The minimum Gasteiger partial charge on any atom is -0.497 e. The molecular weight excluding hydrogens is 358 g/mol. The normalized spacial score (nSPS) is 17.0. The van der Waals surface area contributed by atoms with Crippen LogP contribution in [0, 0.1) is 0 Å². The van der Waals surface area contributed by atoms with Crippen molar-refractivity contribution in [1.29, 1.82) is 0 Å². The molecule has 1 heterocycles. The average molecular weight is 382 g/mol. The van der Waals surface area contributed by atoms with Crippen molar-refractivity contribution in [1.82, 2.24) is 0 Å². The Labute approximate surface area is 163 Å². The lowest BCUT2D eigenvalue weighted by Crippen LogP contribution is -2.37. The summed E-state index contributed by atoms with van der Waals surface area (Å²) in [6.45, 7) is 0. The maximum atomic E-state index is 12.4. The van der Waals surface area contributed by atoms with Gasteiger partial charge in [-0.1, -0.05) is 30.0 Å². The zero-order valence-corrected chi connectivity index (χ0v) is 16.1. The van der Waals surface area contributed by atoms with Crippen LogP contribution < -0.4 is 15.4 Å². The molecule has 4 rings (SSSR count). The van der Waals surface area contributed by atoms with Crippen molar-refractivity contribution in [2.24, 2.45) is 4.99 Å². The molecule has 1 fully saturated rings. The predicted molar refractivity (Wildman–Crippen MR) is 112 cm³/mol. The standard InChI is InChI=1S/C21H23N3O2S/c1-26-16-10-8-15(9-11-16)22-19(25)14-27-20-17-6-2-3-7-18(17)23-21(24-20)12-4-5-13-21/h2-3,6-11,23H,4-5,12-14H2,1H3,(H,22,25). The van der Waals surface area contributed by atoms with E-state index in [1.54, 1.807) is 7.11 Å². The molecule has 0 radical (unpaired) electrons. The van der Waals surface area contributed by atoms with Crippen molar-refractivity contribution in [2.45, 2.75) is 31.3 Å². The highest BCUT2D eigenvalue weighted by Gasteiger charge is 2.37. The van der Waals surface area contributed by atoms with Gasteiger partial charge in [0.1, 0.15) is 16.5 Å². The summed E-state index contributed by atoms with van der Waals surface area (Å²) in [5.74, 6) is 1.06. The van der Waals surface area contributed by atoms with Crippen LogP contribution >= 0.6 is 11.8 Å². The lowest BCUT2D eigenvalue weighted by atomic mass is 10.0. The molecule has 0 unspecified atom stereocenters. The number of ether oxygens (including phenoxy) is 1. The first-order valence-corrected chi connectivity index (χ1v) is 10.2. The molecule has 27 heavy (non-hydrogen) atoms. The van der Waals surface area contributed by atoms with Gasteiger partial charge in [0.2, 0.25) is 5.91 Å². The van der Waals surface area contributed by atoms with E-state index >= 15 is 0 Å². The predicted octanol–water partition coefficient (Wildman–Crippen LogP) is 4.51. The van der Waals surface area contributed by atoms with Crippen molar-refractivity contribution in [3.8, 4) is 5.75 Å². The number of benzene rings is 2. The molecule has 2 N–H and O–H groups in total. The van der Waals surface area contributed by atoms with E-state index in [0.29, 0.717) is 5.75 Å². The van der Waals surface area contributed by atoms with Crippen LogP contribution in [0.5, 0.6) is 5.75 Å². The summed E-state index contributed by atoms with van der Waals surface area (Å²) in [5.41, 5.74) is 2.77. The zero-order valence-electron chi connectivity index (χ0n) is 15.3. The Morgan fingerprint density at radius 1 is 1.19 bits per heavy atom. The molecule has 5 nitrogen and oxygen atoms in total. The van der Waals surface area contributed by atoms with Crippen LogP contribution in [0.25, 0.3) is 0 Å². The molecule has 1 amide bonds. The van der Waals surface area contributed by atoms with Crippen molar-refractivity contribution >= 4 is 34.1 Å². The number of amides is 1. The third-order valence-corrected chi connectivity index (χ3v) is 5.98. The summed E-state index contributed by atoms with van der Waals surface area (Å²) >= 11 is 1.51. The molecule has 0 atom stereocenters. The quantitative estimate of drug-likeness (QED) is 0.818. The number of anilines is 2.